The minimum Gasteiger partial charge on any atom is -0.297 e. The number of carbonyl (C=O) groups excluding carboxylic acids is 1. The lowest BCUT2D eigenvalue weighted by molar-refractivity contribution is 0.112. The summed E-state index contributed by atoms with van der Waals surface area (Å²) in [6.07, 6.45) is 0.580. The van der Waals surface area contributed by atoms with E-state index in [1.54, 1.807) is 0 Å². The van der Waals surface area contributed by atoms with Gasteiger partial charge in [0.15, 0.2) is 6.29 Å². The second-order valence-electron chi connectivity index (χ2n) is 1.74. The molecule has 0 atom stereocenters. The molecule has 0 bridgehead atoms. The Labute approximate surface area is 72.0 Å². The molecule has 1 heterocycles. The molecular formula is C5H3ClO3S2. The van der Waals surface area contributed by atoms with Gasteiger partial charge in [-0.05, 0) is 6.07 Å². The normalized spacial score (nSPS) is 11.4. The summed E-state index contributed by atoms with van der Waals surface area (Å²) in [5.41, 5.74) is 0. The SMILES string of the molecule is O=Cc1cc(S(=O)(=O)Cl)cs1. The van der Waals surface area contributed by atoms with Crippen LogP contribution in [0.3, 0.4) is 0 Å². The maximum absolute atomic E-state index is 10.6. The van der Waals surface area contributed by atoms with Gasteiger partial charge in [0.2, 0.25) is 0 Å². The first-order valence-electron chi connectivity index (χ1n) is 2.52. The highest BCUT2D eigenvalue weighted by Crippen LogP contribution is 2.20. The Balaban J connectivity index is 3.18. The lowest BCUT2D eigenvalue weighted by atomic mass is 10.5. The maximum atomic E-state index is 10.6. The number of hydrogen-bond acceptors (Lipinski definition) is 4. The van der Waals surface area contributed by atoms with Crippen LogP contribution in [0.5, 0.6) is 0 Å². The fraction of sp³-hybridized carbons (Fsp3) is 0. The van der Waals surface area contributed by atoms with E-state index in [4.69, 9.17) is 10.7 Å². The van der Waals surface area contributed by atoms with Crippen LogP contribution in [-0.2, 0) is 9.05 Å². The van der Waals surface area contributed by atoms with Crippen molar-refractivity contribution in [3.05, 3.63) is 16.3 Å². The summed E-state index contributed by atoms with van der Waals surface area (Å²) in [5.74, 6) is 0. The molecule has 1 aromatic heterocycles. The number of thiophene rings is 1. The Kier molecular flexibility index (Phi) is 2.31. The molecule has 0 saturated heterocycles. The van der Waals surface area contributed by atoms with E-state index in [-0.39, 0.29) is 4.90 Å². The van der Waals surface area contributed by atoms with Gasteiger partial charge in [-0.3, -0.25) is 4.79 Å². The maximum Gasteiger partial charge on any atom is 0.262 e. The molecule has 1 rings (SSSR count). The van der Waals surface area contributed by atoms with Crippen LogP contribution in [-0.4, -0.2) is 14.7 Å². The fourth-order valence-electron chi connectivity index (χ4n) is 0.524. The largest absolute Gasteiger partial charge is 0.297 e. The number of carbonyl (C=O) groups is 1. The number of hydrogen-bond donors (Lipinski definition) is 0. The molecule has 6 heteroatoms. The standard InChI is InChI=1S/C5H3ClO3S2/c6-11(8,9)5-1-4(2-7)10-3-5/h1-3H. The van der Waals surface area contributed by atoms with Crippen LogP contribution in [0.25, 0.3) is 0 Å². The smallest absolute Gasteiger partial charge is 0.262 e. The summed E-state index contributed by atoms with van der Waals surface area (Å²) >= 11 is 1.04. The molecule has 0 aromatic carbocycles. The van der Waals surface area contributed by atoms with Crippen LogP contribution in [0, 0.1) is 0 Å². The first kappa shape index (κ1) is 8.70. The minimum atomic E-state index is -3.67. The molecular weight excluding hydrogens is 208 g/mol. The van der Waals surface area contributed by atoms with Gasteiger partial charge in [-0.15, -0.1) is 11.3 Å². The van der Waals surface area contributed by atoms with E-state index in [0.29, 0.717) is 11.2 Å². The summed E-state index contributed by atoms with van der Waals surface area (Å²) in [6.45, 7) is 0. The van der Waals surface area contributed by atoms with Crippen LogP contribution >= 0.6 is 22.0 Å². The molecule has 0 fully saturated rings. The van der Waals surface area contributed by atoms with Gasteiger partial charge < -0.3 is 0 Å². The van der Waals surface area contributed by atoms with Gasteiger partial charge in [-0.25, -0.2) is 8.42 Å². The Morgan fingerprint density at radius 3 is 2.45 bits per heavy atom. The van der Waals surface area contributed by atoms with Gasteiger partial charge in [-0.1, -0.05) is 0 Å². The van der Waals surface area contributed by atoms with Crippen molar-refractivity contribution in [2.75, 3.05) is 0 Å². The van der Waals surface area contributed by atoms with Crippen molar-refractivity contribution in [3.8, 4) is 0 Å². The fourth-order valence-corrected chi connectivity index (χ4v) is 2.50. The van der Waals surface area contributed by atoms with E-state index < -0.39 is 9.05 Å². The van der Waals surface area contributed by atoms with Crippen LogP contribution in [0.4, 0.5) is 0 Å². The number of aldehydes is 1. The quantitative estimate of drug-likeness (QED) is 0.549. The van der Waals surface area contributed by atoms with Crippen LogP contribution in [0.2, 0.25) is 0 Å². The van der Waals surface area contributed by atoms with E-state index in [9.17, 15) is 13.2 Å². The van der Waals surface area contributed by atoms with Gasteiger partial charge in [0.25, 0.3) is 9.05 Å². The topological polar surface area (TPSA) is 51.2 Å². The number of rotatable bonds is 2. The zero-order valence-corrected chi connectivity index (χ0v) is 7.54. The van der Waals surface area contributed by atoms with Crippen molar-refractivity contribution in [1.82, 2.24) is 0 Å². The van der Waals surface area contributed by atoms with Crippen molar-refractivity contribution >= 4 is 37.4 Å². The highest BCUT2D eigenvalue weighted by atomic mass is 35.7. The van der Waals surface area contributed by atoms with Crippen LogP contribution in [0.15, 0.2) is 16.3 Å². The van der Waals surface area contributed by atoms with Crippen LogP contribution < -0.4 is 0 Å². The molecule has 0 spiro atoms. The van der Waals surface area contributed by atoms with Crippen molar-refractivity contribution in [2.45, 2.75) is 4.90 Å². The monoisotopic (exact) mass is 210 g/mol. The highest BCUT2D eigenvalue weighted by molar-refractivity contribution is 8.13. The molecule has 0 amide bonds. The van der Waals surface area contributed by atoms with E-state index in [1.165, 1.54) is 11.4 Å². The predicted octanol–water partition coefficient (Wildman–Crippen LogP) is 1.49. The molecule has 60 valence electrons. The van der Waals surface area contributed by atoms with E-state index in [0.717, 1.165) is 11.3 Å². The molecule has 11 heavy (non-hydrogen) atoms. The molecule has 0 radical (unpaired) electrons. The summed E-state index contributed by atoms with van der Waals surface area (Å²) < 4.78 is 21.2. The molecule has 3 nitrogen and oxygen atoms in total. The van der Waals surface area contributed by atoms with Crippen LogP contribution in [0.1, 0.15) is 9.67 Å². The van der Waals surface area contributed by atoms with Crippen molar-refractivity contribution < 1.29 is 13.2 Å². The first-order chi connectivity index (χ1) is 5.04. The van der Waals surface area contributed by atoms with E-state index in [2.05, 4.69) is 0 Å². The zero-order valence-electron chi connectivity index (χ0n) is 5.15. The zero-order chi connectivity index (χ0) is 8.48. The third-order valence-corrected chi connectivity index (χ3v) is 3.33. The highest BCUT2D eigenvalue weighted by Gasteiger charge is 2.11. The Bertz CT molecular complexity index is 365. The Morgan fingerprint density at radius 2 is 2.18 bits per heavy atom. The second kappa shape index (κ2) is 2.92. The molecule has 0 N–H and O–H groups in total. The lowest BCUT2D eigenvalue weighted by Crippen LogP contribution is -1.85. The average Bonchev–Trinajstić information content (AvgIpc) is 2.32. The molecule has 0 unspecified atom stereocenters. The minimum absolute atomic E-state index is 0.0220. The van der Waals surface area contributed by atoms with Crippen molar-refractivity contribution in [3.63, 3.8) is 0 Å². The number of halogens is 1. The molecule has 0 aliphatic rings. The third kappa shape index (κ3) is 2.02. The summed E-state index contributed by atoms with van der Waals surface area (Å²) in [6, 6.07) is 1.24. The van der Waals surface area contributed by atoms with Gasteiger partial charge in [0, 0.05) is 16.1 Å². The van der Waals surface area contributed by atoms with Crippen molar-refractivity contribution in [1.29, 1.82) is 0 Å². The van der Waals surface area contributed by atoms with Gasteiger partial charge in [0.05, 0.1) is 9.77 Å². The molecule has 1 aromatic rings. The van der Waals surface area contributed by atoms with Crippen molar-refractivity contribution in [2.24, 2.45) is 0 Å². The molecule has 0 saturated carbocycles. The third-order valence-electron chi connectivity index (χ3n) is 0.993. The summed E-state index contributed by atoms with van der Waals surface area (Å²) in [4.78, 5) is 10.4. The summed E-state index contributed by atoms with van der Waals surface area (Å²) in [7, 11) is 1.32. The van der Waals surface area contributed by atoms with Gasteiger partial charge >= 0.3 is 0 Å². The Morgan fingerprint density at radius 1 is 1.55 bits per heavy atom. The predicted molar refractivity (Wildman–Crippen MR) is 42.7 cm³/mol. The van der Waals surface area contributed by atoms with E-state index in [1.807, 2.05) is 0 Å². The molecule has 0 aliphatic carbocycles. The first-order valence-corrected chi connectivity index (χ1v) is 5.71. The molecule has 0 aliphatic heterocycles. The van der Waals surface area contributed by atoms with Gasteiger partial charge in [-0.2, -0.15) is 0 Å². The Hall–Kier alpha value is -0.390. The average molecular weight is 211 g/mol. The second-order valence-corrected chi connectivity index (χ2v) is 5.25. The summed E-state index contributed by atoms with van der Waals surface area (Å²) in [5, 5.41) is 1.33. The lowest BCUT2D eigenvalue weighted by Gasteiger charge is -1.84. The van der Waals surface area contributed by atoms with Gasteiger partial charge in [0.1, 0.15) is 0 Å². The van der Waals surface area contributed by atoms with E-state index >= 15 is 0 Å².